The van der Waals surface area contributed by atoms with Crippen molar-refractivity contribution in [3.05, 3.63) is 77.4 Å². The largest absolute Gasteiger partial charge is 0.489 e. The first-order valence-corrected chi connectivity index (χ1v) is 12.2. The number of fused-ring (bicyclic) bond motifs is 1. The van der Waals surface area contributed by atoms with Crippen LogP contribution >= 0.6 is 0 Å². The van der Waals surface area contributed by atoms with E-state index in [1.54, 1.807) is 0 Å². The van der Waals surface area contributed by atoms with Crippen molar-refractivity contribution in [3.63, 3.8) is 0 Å². The second-order valence-corrected chi connectivity index (χ2v) is 9.29. The lowest BCUT2D eigenvalue weighted by atomic mass is 10.0. The molecule has 3 aromatic rings. The Labute approximate surface area is 207 Å². The molecular weight excluding hydrogens is 442 g/mol. The monoisotopic (exact) mass is 477 g/mol. The summed E-state index contributed by atoms with van der Waals surface area (Å²) in [5.74, 6) is 2.71. The number of methoxy groups -OCH3 is 1. The van der Waals surface area contributed by atoms with E-state index in [-0.39, 0.29) is 24.5 Å². The zero-order valence-corrected chi connectivity index (χ0v) is 20.8. The number of hydrogen-bond donors (Lipinski definition) is 1. The summed E-state index contributed by atoms with van der Waals surface area (Å²) in [6.45, 7) is 8.22. The fourth-order valence-electron chi connectivity index (χ4n) is 4.34. The van der Waals surface area contributed by atoms with Gasteiger partial charge in [-0.2, -0.15) is 0 Å². The number of nitrogens with one attached hydrogen (secondary N) is 1. The van der Waals surface area contributed by atoms with Crippen molar-refractivity contribution < 1.29 is 14.3 Å². The van der Waals surface area contributed by atoms with Crippen molar-refractivity contribution in [3.8, 4) is 5.75 Å². The van der Waals surface area contributed by atoms with E-state index in [1.165, 1.54) is 12.7 Å². The zero-order valence-electron chi connectivity index (χ0n) is 20.8. The van der Waals surface area contributed by atoms with Gasteiger partial charge in [0.25, 0.3) is 0 Å². The van der Waals surface area contributed by atoms with Crippen LogP contribution in [0.15, 0.2) is 54.6 Å². The van der Waals surface area contributed by atoms with Gasteiger partial charge in [0, 0.05) is 39.7 Å². The fraction of sp³-hybridized carbons (Fsp3) is 0.444. The van der Waals surface area contributed by atoms with E-state index in [2.05, 4.69) is 63.1 Å². The van der Waals surface area contributed by atoms with Crippen LogP contribution in [0.1, 0.15) is 42.7 Å². The topological polar surface area (TPSA) is 81.5 Å². The third-order valence-corrected chi connectivity index (χ3v) is 6.26. The van der Waals surface area contributed by atoms with Crippen LogP contribution in [0.2, 0.25) is 0 Å². The first-order valence-electron chi connectivity index (χ1n) is 12.2. The molecule has 0 saturated carbocycles. The number of carbonyl (C=O) groups excluding carboxylic acids is 1. The average Bonchev–Trinajstić information content (AvgIpc) is 3.16. The molecule has 2 heterocycles. The summed E-state index contributed by atoms with van der Waals surface area (Å²) in [6, 6.07) is 18.3. The van der Waals surface area contributed by atoms with Crippen LogP contribution in [0.25, 0.3) is 0 Å². The van der Waals surface area contributed by atoms with Gasteiger partial charge >= 0.3 is 0 Å². The smallest absolute Gasteiger partial charge is 0.246 e. The van der Waals surface area contributed by atoms with E-state index in [0.717, 1.165) is 55.6 Å². The molecule has 4 rings (SSSR count). The lowest BCUT2D eigenvalue weighted by Crippen LogP contribution is -2.36. The number of hydrogen-bond acceptors (Lipinski definition) is 6. The SMILES string of the molecule is COCC(=O)N[C@@H](c1nnc2n1CCN(Cc1ccc(OCc3ccccc3)cc1)CC2)C(C)C. The zero-order chi connectivity index (χ0) is 24.6. The molecule has 8 nitrogen and oxygen atoms in total. The molecule has 1 aromatic heterocycles. The van der Waals surface area contributed by atoms with Crippen molar-refractivity contribution in [2.75, 3.05) is 26.8 Å². The first kappa shape index (κ1) is 24.9. The summed E-state index contributed by atoms with van der Waals surface area (Å²) >= 11 is 0. The number of carbonyl (C=O) groups is 1. The summed E-state index contributed by atoms with van der Waals surface area (Å²) in [7, 11) is 1.52. The van der Waals surface area contributed by atoms with Crippen LogP contribution in [0.5, 0.6) is 5.75 Å². The van der Waals surface area contributed by atoms with E-state index in [1.807, 2.05) is 30.3 Å². The number of nitrogens with zero attached hydrogens (tertiary/aromatic N) is 4. The standard InChI is InChI=1S/C27H35N5O3/c1-20(2)26(28-25(33)19-34-3)27-30-29-24-13-14-31(15-16-32(24)27)17-21-9-11-23(12-10-21)35-18-22-7-5-4-6-8-22/h4-12,20,26H,13-19H2,1-3H3,(H,28,33)/t26-/m1/s1. The molecule has 1 N–H and O–H groups in total. The van der Waals surface area contributed by atoms with Crippen molar-refractivity contribution >= 4 is 5.91 Å². The van der Waals surface area contributed by atoms with Crippen LogP contribution in [0.4, 0.5) is 0 Å². The molecule has 1 amide bonds. The van der Waals surface area contributed by atoms with Gasteiger partial charge in [0.2, 0.25) is 5.91 Å². The van der Waals surface area contributed by atoms with Gasteiger partial charge in [0.05, 0.1) is 6.04 Å². The van der Waals surface area contributed by atoms with E-state index in [0.29, 0.717) is 6.61 Å². The lowest BCUT2D eigenvalue weighted by molar-refractivity contribution is -0.125. The van der Waals surface area contributed by atoms with E-state index in [4.69, 9.17) is 9.47 Å². The number of benzene rings is 2. The van der Waals surface area contributed by atoms with Gasteiger partial charge in [-0.1, -0.05) is 56.3 Å². The normalized spacial score (nSPS) is 14.9. The Morgan fingerprint density at radius 1 is 1.00 bits per heavy atom. The van der Waals surface area contributed by atoms with Crippen LogP contribution in [-0.4, -0.2) is 52.4 Å². The van der Waals surface area contributed by atoms with E-state index < -0.39 is 0 Å². The maximum atomic E-state index is 12.2. The highest BCUT2D eigenvalue weighted by Crippen LogP contribution is 2.23. The maximum absolute atomic E-state index is 12.2. The minimum absolute atomic E-state index is 0.0358. The van der Waals surface area contributed by atoms with Gasteiger partial charge in [0.1, 0.15) is 24.8 Å². The van der Waals surface area contributed by atoms with Gasteiger partial charge in [0.15, 0.2) is 5.82 Å². The van der Waals surface area contributed by atoms with Crippen LogP contribution in [0.3, 0.4) is 0 Å². The summed E-state index contributed by atoms with van der Waals surface area (Å²) in [4.78, 5) is 14.6. The molecule has 1 atom stereocenters. The number of ether oxygens (including phenoxy) is 2. The third-order valence-electron chi connectivity index (χ3n) is 6.26. The summed E-state index contributed by atoms with van der Waals surface area (Å²) in [5, 5.41) is 12.0. The predicted molar refractivity (Wildman–Crippen MR) is 134 cm³/mol. The highest BCUT2D eigenvalue weighted by molar-refractivity contribution is 5.77. The number of aromatic nitrogens is 3. The van der Waals surface area contributed by atoms with Crippen LogP contribution in [0, 0.1) is 5.92 Å². The average molecular weight is 478 g/mol. The molecular formula is C27H35N5O3. The van der Waals surface area contributed by atoms with E-state index in [9.17, 15) is 4.79 Å². The molecule has 1 aliphatic heterocycles. The van der Waals surface area contributed by atoms with Gasteiger partial charge in [-0.3, -0.25) is 9.69 Å². The highest BCUT2D eigenvalue weighted by Gasteiger charge is 2.27. The Kier molecular flexibility index (Phi) is 8.50. The van der Waals surface area contributed by atoms with Gasteiger partial charge < -0.3 is 19.4 Å². The molecule has 35 heavy (non-hydrogen) atoms. The molecule has 0 radical (unpaired) electrons. The van der Waals surface area contributed by atoms with Crippen LogP contribution < -0.4 is 10.1 Å². The lowest BCUT2D eigenvalue weighted by Gasteiger charge is -2.23. The molecule has 0 spiro atoms. The summed E-state index contributed by atoms with van der Waals surface area (Å²) in [6.07, 6.45) is 0.822. The molecule has 0 fully saturated rings. The molecule has 1 aliphatic rings. The second-order valence-electron chi connectivity index (χ2n) is 9.29. The third kappa shape index (κ3) is 6.68. The minimum Gasteiger partial charge on any atom is -0.489 e. The van der Waals surface area contributed by atoms with Crippen LogP contribution in [-0.2, 0) is 35.6 Å². The Bertz CT molecular complexity index is 1080. The molecule has 0 bridgehead atoms. The number of amides is 1. The van der Waals surface area contributed by atoms with Crippen molar-refractivity contribution in [2.45, 2.75) is 46.0 Å². The highest BCUT2D eigenvalue weighted by atomic mass is 16.5. The van der Waals surface area contributed by atoms with Gasteiger partial charge in [-0.05, 0) is 29.2 Å². The Hall–Kier alpha value is -3.23. The second kappa shape index (κ2) is 12.0. The Morgan fingerprint density at radius 3 is 2.49 bits per heavy atom. The Balaban J connectivity index is 1.34. The summed E-state index contributed by atoms with van der Waals surface area (Å²) in [5.41, 5.74) is 2.41. The molecule has 2 aromatic carbocycles. The number of rotatable bonds is 10. The first-order chi connectivity index (χ1) is 17.0. The van der Waals surface area contributed by atoms with E-state index >= 15 is 0 Å². The maximum Gasteiger partial charge on any atom is 0.246 e. The molecule has 186 valence electrons. The summed E-state index contributed by atoms with van der Waals surface area (Å²) < 4.78 is 13.1. The predicted octanol–water partition coefficient (Wildman–Crippen LogP) is 3.38. The molecule has 0 aliphatic carbocycles. The quantitative estimate of drug-likeness (QED) is 0.482. The Morgan fingerprint density at radius 2 is 1.77 bits per heavy atom. The minimum atomic E-state index is -0.200. The van der Waals surface area contributed by atoms with Crippen molar-refractivity contribution in [1.82, 2.24) is 25.0 Å². The van der Waals surface area contributed by atoms with Crippen molar-refractivity contribution in [1.29, 1.82) is 0 Å². The molecule has 8 heteroatoms. The van der Waals surface area contributed by atoms with Gasteiger partial charge in [-0.25, -0.2) is 0 Å². The fourth-order valence-corrected chi connectivity index (χ4v) is 4.34. The van der Waals surface area contributed by atoms with Crippen molar-refractivity contribution in [2.24, 2.45) is 5.92 Å². The molecule has 0 unspecified atom stereocenters. The van der Waals surface area contributed by atoms with Gasteiger partial charge in [-0.15, -0.1) is 10.2 Å². The molecule has 0 saturated heterocycles.